The Kier molecular flexibility index (Phi) is 4.38. The SMILES string of the molecule is N=C(N=C(N)N)SCc1cccc(Cl)n1. The Morgan fingerprint density at radius 2 is 2.27 bits per heavy atom. The van der Waals surface area contributed by atoms with Crippen molar-refractivity contribution in [2.24, 2.45) is 16.5 Å². The minimum absolute atomic E-state index is 0.0526. The number of hydrogen-bond acceptors (Lipinski definition) is 3. The molecule has 0 spiro atoms. The molecule has 5 nitrogen and oxygen atoms in total. The molecule has 0 fully saturated rings. The number of nitrogens with two attached hydrogens (primary N) is 2. The highest BCUT2D eigenvalue weighted by atomic mass is 35.5. The van der Waals surface area contributed by atoms with E-state index in [2.05, 4.69) is 9.98 Å². The van der Waals surface area contributed by atoms with Crippen molar-refractivity contribution in [1.82, 2.24) is 4.98 Å². The number of hydrogen-bond donors (Lipinski definition) is 3. The number of aromatic nitrogens is 1. The van der Waals surface area contributed by atoms with E-state index >= 15 is 0 Å². The first kappa shape index (κ1) is 11.8. The molecule has 0 atom stereocenters. The zero-order valence-electron chi connectivity index (χ0n) is 7.77. The first-order valence-electron chi connectivity index (χ1n) is 4.00. The summed E-state index contributed by atoms with van der Waals surface area (Å²) in [5, 5.41) is 7.86. The second kappa shape index (κ2) is 5.57. The van der Waals surface area contributed by atoms with Crippen LogP contribution in [0.15, 0.2) is 23.2 Å². The van der Waals surface area contributed by atoms with Crippen molar-refractivity contribution in [2.45, 2.75) is 5.75 Å². The lowest BCUT2D eigenvalue weighted by molar-refractivity contribution is 1.18. The van der Waals surface area contributed by atoms with Crippen LogP contribution in [0.4, 0.5) is 0 Å². The lowest BCUT2D eigenvalue weighted by Crippen LogP contribution is -2.23. The summed E-state index contributed by atoms with van der Waals surface area (Å²) >= 11 is 6.88. The Balaban J connectivity index is 2.51. The van der Waals surface area contributed by atoms with E-state index in [1.165, 1.54) is 11.8 Å². The molecule has 0 amide bonds. The topological polar surface area (TPSA) is 101 Å². The van der Waals surface area contributed by atoms with Crippen molar-refractivity contribution in [1.29, 1.82) is 5.41 Å². The van der Waals surface area contributed by atoms with Crippen molar-refractivity contribution in [3.8, 4) is 0 Å². The largest absolute Gasteiger partial charge is 0.370 e. The van der Waals surface area contributed by atoms with Gasteiger partial charge in [0.1, 0.15) is 5.15 Å². The molecule has 0 saturated heterocycles. The van der Waals surface area contributed by atoms with Gasteiger partial charge in [-0.05, 0) is 12.1 Å². The number of halogens is 1. The van der Waals surface area contributed by atoms with Gasteiger partial charge in [-0.2, -0.15) is 4.99 Å². The summed E-state index contributed by atoms with van der Waals surface area (Å²) in [5.74, 6) is 0.391. The van der Waals surface area contributed by atoms with Crippen LogP contribution >= 0.6 is 23.4 Å². The van der Waals surface area contributed by atoms with Crippen LogP contribution in [0.3, 0.4) is 0 Å². The number of nitrogens with one attached hydrogen (secondary N) is 1. The van der Waals surface area contributed by atoms with Crippen LogP contribution < -0.4 is 11.5 Å². The maximum atomic E-state index is 7.38. The van der Waals surface area contributed by atoms with Gasteiger partial charge in [0.05, 0.1) is 5.69 Å². The van der Waals surface area contributed by atoms with E-state index in [1.54, 1.807) is 12.1 Å². The van der Waals surface area contributed by atoms with Crippen LogP contribution in [-0.2, 0) is 5.75 Å². The number of thioether (sulfide) groups is 1. The minimum atomic E-state index is -0.119. The standard InChI is InChI=1S/C8H10ClN5S/c9-6-3-1-2-5(13-6)4-15-8(12)14-7(10)11/h1-3H,4H2,(H5,10,11,12,14). The number of guanidine groups is 1. The molecular weight excluding hydrogens is 234 g/mol. The van der Waals surface area contributed by atoms with E-state index in [1.807, 2.05) is 6.07 Å². The molecule has 1 aromatic heterocycles. The molecule has 5 N–H and O–H groups in total. The Hall–Kier alpha value is -1.27. The number of aliphatic imine (C=N–C) groups is 1. The Morgan fingerprint density at radius 3 is 2.87 bits per heavy atom. The lowest BCUT2D eigenvalue weighted by atomic mass is 10.4. The highest BCUT2D eigenvalue weighted by Gasteiger charge is 2.00. The van der Waals surface area contributed by atoms with E-state index in [9.17, 15) is 0 Å². The van der Waals surface area contributed by atoms with Gasteiger partial charge < -0.3 is 11.5 Å². The summed E-state index contributed by atoms with van der Waals surface area (Å²) in [5.41, 5.74) is 11.0. The Morgan fingerprint density at radius 1 is 1.53 bits per heavy atom. The zero-order valence-corrected chi connectivity index (χ0v) is 9.35. The molecule has 80 valence electrons. The van der Waals surface area contributed by atoms with Gasteiger partial charge in [-0.3, -0.25) is 5.41 Å². The van der Waals surface area contributed by atoms with Crippen LogP contribution in [0.5, 0.6) is 0 Å². The average molecular weight is 244 g/mol. The highest BCUT2D eigenvalue weighted by molar-refractivity contribution is 8.13. The average Bonchev–Trinajstić information content (AvgIpc) is 2.14. The Labute approximate surface area is 96.4 Å². The molecule has 15 heavy (non-hydrogen) atoms. The number of pyridine rings is 1. The molecule has 0 aromatic carbocycles. The third kappa shape index (κ3) is 4.66. The smallest absolute Gasteiger partial charge is 0.193 e. The molecule has 0 radical (unpaired) electrons. The van der Waals surface area contributed by atoms with E-state index in [0.29, 0.717) is 10.9 Å². The van der Waals surface area contributed by atoms with Crippen molar-refractivity contribution in [3.63, 3.8) is 0 Å². The maximum absolute atomic E-state index is 7.38. The van der Waals surface area contributed by atoms with Crippen molar-refractivity contribution >= 4 is 34.5 Å². The van der Waals surface area contributed by atoms with Crippen LogP contribution in [-0.4, -0.2) is 16.1 Å². The highest BCUT2D eigenvalue weighted by Crippen LogP contribution is 2.13. The fourth-order valence-corrected chi connectivity index (χ4v) is 1.62. The summed E-state index contributed by atoms with van der Waals surface area (Å²) in [4.78, 5) is 7.63. The van der Waals surface area contributed by atoms with Gasteiger partial charge in [-0.1, -0.05) is 29.4 Å². The number of rotatable bonds is 2. The molecule has 1 aromatic rings. The van der Waals surface area contributed by atoms with Gasteiger partial charge in [0.2, 0.25) is 0 Å². The van der Waals surface area contributed by atoms with Gasteiger partial charge in [0.15, 0.2) is 11.1 Å². The summed E-state index contributed by atoms with van der Waals surface area (Å²) in [6.45, 7) is 0. The molecule has 0 saturated carbocycles. The molecule has 0 bridgehead atoms. The van der Waals surface area contributed by atoms with Gasteiger partial charge in [0, 0.05) is 5.75 Å². The third-order valence-corrected chi connectivity index (χ3v) is 2.38. The summed E-state index contributed by atoms with van der Waals surface area (Å²) in [6.07, 6.45) is 0. The van der Waals surface area contributed by atoms with Crippen molar-refractivity contribution in [2.75, 3.05) is 0 Å². The van der Waals surface area contributed by atoms with E-state index < -0.39 is 0 Å². The first-order valence-corrected chi connectivity index (χ1v) is 5.36. The third-order valence-electron chi connectivity index (χ3n) is 1.36. The normalized spacial score (nSPS) is 9.67. The Bertz CT molecular complexity index is 388. The quantitative estimate of drug-likeness (QED) is 0.412. The lowest BCUT2D eigenvalue weighted by Gasteiger charge is -1.99. The number of amidine groups is 1. The van der Waals surface area contributed by atoms with Crippen LogP contribution in [0.1, 0.15) is 5.69 Å². The molecule has 1 rings (SSSR count). The molecule has 7 heteroatoms. The predicted octanol–water partition coefficient (Wildman–Crippen LogP) is 1.18. The van der Waals surface area contributed by atoms with Crippen molar-refractivity contribution in [3.05, 3.63) is 29.0 Å². The first-order chi connectivity index (χ1) is 7.08. The van der Waals surface area contributed by atoms with Crippen LogP contribution in [0.25, 0.3) is 0 Å². The molecule has 0 aliphatic carbocycles. The molecular formula is C8H10ClN5S. The van der Waals surface area contributed by atoms with Gasteiger partial charge >= 0.3 is 0 Å². The van der Waals surface area contributed by atoms with E-state index in [-0.39, 0.29) is 11.1 Å². The molecule has 0 aliphatic heterocycles. The summed E-state index contributed by atoms with van der Waals surface area (Å²) < 4.78 is 0. The molecule has 0 unspecified atom stereocenters. The minimum Gasteiger partial charge on any atom is -0.370 e. The van der Waals surface area contributed by atoms with Gasteiger partial charge in [-0.15, -0.1) is 0 Å². The van der Waals surface area contributed by atoms with Crippen LogP contribution in [0, 0.1) is 5.41 Å². The summed E-state index contributed by atoms with van der Waals surface area (Å²) in [7, 11) is 0. The summed E-state index contributed by atoms with van der Waals surface area (Å²) in [6, 6.07) is 5.31. The predicted molar refractivity (Wildman–Crippen MR) is 64.1 cm³/mol. The monoisotopic (exact) mass is 243 g/mol. The van der Waals surface area contributed by atoms with Crippen molar-refractivity contribution < 1.29 is 0 Å². The van der Waals surface area contributed by atoms with Gasteiger partial charge in [-0.25, -0.2) is 4.98 Å². The molecule has 1 heterocycles. The van der Waals surface area contributed by atoms with Gasteiger partial charge in [0.25, 0.3) is 0 Å². The second-order valence-electron chi connectivity index (χ2n) is 2.58. The maximum Gasteiger partial charge on any atom is 0.193 e. The molecule has 0 aliphatic rings. The van der Waals surface area contributed by atoms with E-state index in [4.69, 9.17) is 28.5 Å². The second-order valence-corrected chi connectivity index (χ2v) is 3.93. The zero-order chi connectivity index (χ0) is 11.3. The van der Waals surface area contributed by atoms with Crippen LogP contribution in [0.2, 0.25) is 5.15 Å². The number of nitrogens with zero attached hydrogens (tertiary/aromatic N) is 2. The fourth-order valence-electron chi connectivity index (χ4n) is 0.823. The van der Waals surface area contributed by atoms with E-state index in [0.717, 1.165) is 5.69 Å². The fraction of sp³-hybridized carbons (Fsp3) is 0.125.